The highest BCUT2D eigenvalue weighted by Gasteiger charge is 2.12. The Morgan fingerprint density at radius 2 is 1.52 bits per heavy atom. The van der Waals surface area contributed by atoms with Crippen LogP contribution in [0, 0.1) is 0 Å². The highest BCUT2D eigenvalue weighted by atomic mass is 16.5. The predicted octanol–water partition coefficient (Wildman–Crippen LogP) is 4.70. The Hall–Kier alpha value is -3.60. The predicted molar refractivity (Wildman–Crippen MR) is 109 cm³/mol. The molecule has 0 saturated carbocycles. The van der Waals surface area contributed by atoms with E-state index in [1.54, 1.807) is 42.5 Å². The van der Waals surface area contributed by atoms with Gasteiger partial charge in [0.1, 0.15) is 11.5 Å². The molecule has 0 spiro atoms. The molecule has 0 bridgehead atoms. The first kappa shape index (κ1) is 20.1. The first-order valence-corrected chi connectivity index (χ1v) is 9.42. The number of hydrogen-bond donors (Lipinski definition) is 0. The van der Waals surface area contributed by atoms with E-state index in [0.717, 1.165) is 5.56 Å². The van der Waals surface area contributed by atoms with Gasteiger partial charge in [-0.1, -0.05) is 36.4 Å². The maximum absolute atomic E-state index is 12.3. The molecular weight excluding hydrogens is 368 g/mol. The summed E-state index contributed by atoms with van der Waals surface area (Å²) in [5.74, 6) is -0.00627. The van der Waals surface area contributed by atoms with Gasteiger partial charge in [-0.15, -0.1) is 0 Å². The lowest BCUT2D eigenvalue weighted by molar-refractivity contribution is 0.0507. The summed E-state index contributed by atoms with van der Waals surface area (Å²) < 4.78 is 16.1. The number of benzene rings is 3. The summed E-state index contributed by atoms with van der Waals surface area (Å²) in [5.41, 5.74) is 1.82. The van der Waals surface area contributed by atoms with Crippen molar-refractivity contribution in [3.63, 3.8) is 0 Å². The number of rotatable bonds is 8. The molecule has 0 amide bonds. The molecule has 0 heterocycles. The van der Waals surface area contributed by atoms with Gasteiger partial charge >= 0.3 is 11.9 Å². The third kappa shape index (κ3) is 5.94. The lowest BCUT2D eigenvalue weighted by Crippen LogP contribution is -2.11. The van der Waals surface area contributed by atoms with Crippen molar-refractivity contribution in [3.05, 3.63) is 95.6 Å². The molecule has 3 aromatic carbocycles. The molecule has 0 aliphatic heterocycles. The van der Waals surface area contributed by atoms with Crippen LogP contribution in [0.3, 0.4) is 0 Å². The molecule has 3 rings (SSSR count). The molecule has 0 unspecified atom stereocenters. The van der Waals surface area contributed by atoms with E-state index >= 15 is 0 Å². The molecule has 0 radical (unpaired) electrons. The van der Waals surface area contributed by atoms with E-state index in [9.17, 15) is 9.59 Å². The van der Waals surface area contributed by atoms with E-state index in [-0.39, 0.29) is 12.4 Å². The fourth-order valence-electron chi connectivity index (χ4n) is 2.70. The molecule has 0 saturated heterocycles. The lowest BCUT2D eigenvalue weighted by atomic mass is 10.2. The first-order valence-electron chi connectivity index (χ1n) is 9.42. The summed E-state index contributed by atoms with van der Waals surface area (Å²) in [6.07, 6.45) is 0.638. The molecule has 0 aromatic heterocycles. The molecule has 0 fully saturated rings. The van der Waals surface area contributed by atoms with Crippen LogP contribution in [0.1, 0.15) is 33.2 Å². The molecule has 148 valence electrons. The van der Waals surface area contributed by atoms with Gasteiger partial charge in [-0.2, -0.15) is 0 Å². The highest BCUT2D eigenvalue weighted by molar-refractivity contribution is 5.92. The van der Waals surface area contributed by atoms with Crippen LogP contribution in [0.5, 0.6) is 11.5 Å². The van der Waals surface area contributed by atoms with Crippen LogP contribution in [0.2, 0.25) is 0 Å². The van der Waals surface area contributed by atoms with Crippen molar-refractivity contribution in [1.29, 1.82) is 0 Å². The minimum atomic E-state index is -0.511. The van der Waals surface area contributed by atoms with Crippen molar-refractivity contribution in [3.8, 4) is 11.5 Å². The Kier molecular flexibility index (Phi) is 7.00. The Balaban J connectivity index is 1.56. The van der Waals surface area contributed by atoms with E-state index in [0.29, 0.717) is 29.9 Å². The maximum Gasteiger partial charge on any atom is 0.343 e. The summed E-state index contributed by atoms with van der Waals surface area (Å²) in [4.78, 5) is 24.6. The van der Waals surface area contributed by atoms with Crippen molar-refractivity contribution in [2.24, 2.45) is 0 Å². The minimum absolute atomic E-state index is 0.277. The van der Waals surface area contributed by atoms with E-state index in [4.69, 9.17) is 14.2 Å². The number of hydrogen-bond acceptors (Lipinski definition) is 5. The Bertz CT molecular complexity index is 949. The van der Waals surface area contributed by atoms with Gasteiger partial charge in [-0.3, -0.25) is 0 Å². The molecule has 0 aliphatic rings. The van der Waals surface area contributed by atoms with E-state index in [1.165, 1.54) is 6.07 Å². The van der Waals surface area contributed by atoms with Crippen molar-refractivity contribution < 1.29 is 23.8 Å². The SMILES string of the molecule is CCOc1ccc(C(=O)Oc2cccc(C(=O)OCCc3ccccc3)c2)cc1. The van der Waals surface area contributed by atoms with Crippen LogP contribution < -0.4 is 9.47 Å². The maximum atomic E-state index is 12.3. The van der Waals surface area contributed by atoms with E-state index < -0.39 is 11.9 Å². The van der Waals surface area contributed by atoms with E-state index in [2.05, 4.69) is 0 Å². The number of esters is 2. The molecule has 3 aromatic rings. The zero-order chi connectivity index (χ0) is 20.5. The van der Waals surface area contributed by atoms with Crippen molar-refractivity contribution in [2.75, 3.05) is 13.2 Å². The second-order valence-electron chi connectivity index (χ2n) is 6.25. The first-order chi connectivity index (χ1) is 14.2. The van der Waals surface area contributed by atoms with E-state index in [1.807, 2.05) is 37.3 Å². The minimum Gasteiger partial charge on any atom is -0.494 e. The standard InChI is InChI=1S/C24H22O5/c1-2-27-21-13-11-19(12-14-21)24(26)29-22-10-6-9-20(17-22)23(25)28-16-15-18-7-4-3-5-8-18/h3-14,17H,2,15-16H2,1H3. The van der Waals surface area contributed by atoms with Crippen LogP contribution in [0.15, 0.2) is 78.9 Å². The normalized spacial score (nSPS) is 10.2. The number of ether oxygens (including phenoxy) is 3. The van der Waals surface area contributed by atoms with Gasteiger partial charge < -0.3 is 14.2 Å². The van der Waals surface area contributed by atoms with Crippen molar-refractivity contribution >= 4 is 11.9 Å². The van der Waals surface area contributed by atoms with Gasteiger partial charge in [0.2, 0.25) is 0 Å². The second kappa shape index (κ2) is 10.1. The monoisotopic (exact) mass is 390 g/mol. The molecule has 0 atom stereocenters. The summed E-state index contributed by atoms with van der Waals surface area (Å²) >= 11 is 0. The largest absolute Gasteiger partial charge is 0.494 e. The van der Waals surface area contributed by atoms with Gasteiger partial charge in [0, 0.05) is 6.42 Å². The average molecular weight is 390 g/mol. The highest BCUT2D eigenvalue weighted by Crippen LogP contribution is 2.18. The van der Waals surface area contributed by atoms with Gasteiger partial charge in [0.15, 0.2) is 0 Å². The number of carbonyl (C=O) groups is 2. The van der Waals surface area contributed by atoms with Crippen molar-refractivity contribution in [1.82, 2.24) is 0 Å². The fraction of sp³-hybridized carbons (Fsp3) is 0.167. The smallest absolute Gasteiger partial charge is 0.343 e. The zero-order valence-electron chi connectivity index (χ0n) is 16.2. The Morgan fingerprint density at radius 1 is 0.759 bits per heavy atom. The summed E-state index contributed by atoms with van der Waals surface area (Å²) in [7, 11) is 0. The third-order valence-corrected chi connectivity index (χ3v) is 4.15. The topological polar surface area (TPSA) is 61.8 Å². The third-order valence-electron chi connectivity index (χ3n) is 4.15. The van der Waals surface area contributed by atoms with Gasteiger partial charge in [-0.25, -0.2) is 9.59 Å². The molecule has 29 heavy (non-hydrogen) atoms. The quantitative estimate of drug-likeness (QED) is 0.412. The molecular formula is C24H22O5. The summed E-state index contributed by atoms with van der Waals surface area (Å²) in [6.45, 7) is 2.72. The van der Waals surface area contributed by atoms with Crippen LogP contribution in [-0.2, 0) is 11.2 Å². The second-order valence-corrected chi connectivity index (χ2v) is 6.25. The van der Waals surface area contributed by atoms with Crippen LogP contribution in [-0.4, -0.2) is 25.2 Å². The Labute approximate surface area is 169 Å². The molecule has 0 N–H and O–H groups in total. The average Bonchev–Trinajstić information content (AvgIpc) is 2.75. The molecule has 5 nitrogen and oxygen atoms in total. The fourth-order valence-corrected chi connectivity index (χ4v) is 2.70. The Morgan fingerprint density at radius 3 is 2.24 bits per heavy atom. The van der Waals surface area contributed by atoms with Crippen molar-refractivity contribution in [2.45, 2.75) is 13.3 Å². The van der Waals surface area contributed by atoms with Gasteiger partial charge in [0.05, 0.1) is 24.3 Å². The van der Waals surface area contributed by atoms with Crippen LogP contribution >= 0.6 is 0 Å². The molecule has 0 aliphatic carbocycles. The molecule has 5 heteroatoms. The number of carbonyl (C=O) groups excluding carboxylic acids is 2. The van der Waals surface area contributed by atoms with Gasteiger partial charge in [0.25, 0.3) is 0 Å². The lowest BCUT2D eigenvalue weighted by Gasteiger charge is -2.08. The zero-order valence-corrected chi connectivity index (χ0v) is 16.2. The summed E-state index contributed by atoms with van der Waals surface area (Å²) in [5, 5.41) is 0. The summed E-state index contributed by atoms with van der Waals surface area (Å²) in [6, 6.07) is 22.9. The van der Waals surface area contributed by atoms with Crippen LogP contribution in [0.25, 0.3) is 0 Å². The van der Waals surface area contributed by atoms with Gasteiger partial charge in [-0.05, 0) is 55.0 Å². The van der Waals surface area contributed by atoms with Crippen LogP contribution in [0.4, 0.5) is 0 Å².